The first kappa shape index (κ1) is 11.8. The van der Waals surface area contributed by atoms with Gasteiger partial charge in [0.25, 0.3) is 0 Å². The van der Waals surface area contributed by atoms with Gasteiger partial charge in [-0.15, -0.1) is 10.2 Å². The fourth-order valence-corrected chi connectivity index (χ4v) is 2.60. The highest BCUT2D eigenvalue weighted by molar-refractivity contribution is 7.15. The minimum Gasteiger partial charge on any atom is -0.377 e. The van der Waals surface area contributed by atoms with Crippen molar-refractivity contribution in [1.29, 1.82) is 0 Å². The number of hydrogen-bond acceptors (Lipinski definition) is 6. The van der Waals surface area contributed by atoms with E-state index in [1.165, 1.54) is 0 Å². The maximum Gasteiger partial charge on any atom is 0.208 e. The third-order valence-electron chi connectivity index (χ3n) is 2.70. The van der Waals surface area contributed by atoms with Gasteiger partial charge in [0.15, 0.2) is 0 Å². The van der Waals surface area contributed by atoms with Gasteiger partial charge < -0.3 is 15.4 Å². The van der Waals surface area contributed by atoms with Crippen LogP contribution in [0.2, 0.25) is 0 Å². The number of anilines is 1. The zero-order valence-corrected chi connectivity index (χ0v) is 10.4. The van der Waals surface area contributed by atoms with Crippen molar-refractivity contribution in [3.8, 4) is 0 Å². The first-order valence-corrected chi connectivity index (χ1v) is 6.48. The molecule has 0 saturated carbocycles. The monoisotopic (exact) mass is 242 g/mol. The van der Waals surface area contributed by atoms with E-state index in [9.17, 15) is 0 Å². The zero-order valence-electron chi connectivity index (χ0n) is 9.56. The van der Waals surface area contributed by atoms with Crippen LogP contribution in [0.5, 0.6) is 0 Å². The van der Waals surface area contributed by atoms with Crippen molar-refractivity contribution < 1.29 is 4.74 Å². The van der Waals surface area contributed by atoms with Crippen molar-refractivity contribution in [3.63, 3.8) is 0 Å². The van der Waals surface area contributed by atoms with Crippen LogP contribution < -0.4 is 10.6 Å². The molecule has 1 aromatic rings. The molecule has 2 rings (SSSR count). The molecule has 2 N–H and O–H groups in total. The van der Waals surface area contributed by atoms with Gasteiger partial charge in [0, 0.05) is 19.6 Å². The normalized spacial score (nSPS) is 18.0. The molecule has 1 fully saturated rings. The largest absolute Gasteiger partial charge is 0.377 e. The Morgan fingerprint density at radius 2 is 2.19 bits per heavy atom. The molecule has 5 nitrogen and oxygen atoms in total. The average Bonchev–Trinajstić information content (AvgIpc) is 2.74. The van der Waals surface area contributed by atoms with Crippen LogP contribution in [0.1, 0.15) is 17.8 Å². The molecule has 0 bridgehead atoms. The van der Waals surface area contributed by atoms with E-state index in [0.717, 1.165) is 36.1 Å². The predicted molar refractivity (Wildman–Crippen MR) is 64.9 cm³/mol. The molecule has 90 valence electrons. The van der Waals surface area contributed by atoms with Gasteiger partial charge in [0.1, 0.15) is 5.01 Å². The predicted octanol–water partition coefficient (Wildman–Crippen LogP) is 0.791. The fourth-order valence-electron chi connectivity index (χ4n) is 1.86. The minimum atomic E-state index is 0.369. The van der Waals surface area contributed by atoms with Gasteiger partial charge in [-0.1, -0.05) is 11.3 Å². The number of nitrogens with two attached hydrogens (primary N) is 1. The number of nitrogens with zero attached hydrogens (tertiary/aromatic N) is 3. The highest BCUT2D eigenvalue weighted by Crippen LogP contribution is 2.24. The summed E-state index contributed by atoms with van der Waals surface area (Å²) in [5.41, 5.74) is 5.41. The molecule has 0 aromatic carbocycles. The highest BCUT2D eigenvalue weighted by Gasteiger charge is 2.21. The molecule has 2 heterocycles. The second-order valence-electron chi connectivity index (χ2n) is 3.95. The molecule has 0 aliphatic carbocycles. The standard InChI is InChI=1S/C10H18N4OS/c1-8-12-13-10(16-8)14-5-2-9(3-6-14)15-7-4-11/h9H,2-7,11H2,1H3. The molecule has 0 unspecified atom stereocenters. The number of rotatable bonds is 4. The topological polar surface area (TPSA) is 64.3 Å². The Hall–Kier alpha value is -0.720. The summed E-state index contributed by atoms with van der Waals surface area (Å²) in [5, 5.41) is 10.3. The number of piperidine rings is 1. The van der Waals surface area contributed by atoms with E-state index in [4.69, 9.17) is 10.5 Å². The van der Waals surface area contributed by atoms with Crippen LogP contribution in [-0.2, 0) is 4.74 Å². The summed E-state index contributed by atoms with van der Waals surface area (Å²) in [6.45, 7) is 5.27. The van der Waals surface area contributed by atoms with Crippen molar-refractivity contribution in [2.24, 2.45) is 5.73 Å². The summed E-state index contributed by atoms with van der Waals surface area (Å²) in [6.07, 6.45) is 2.48. The average molecular weight is 242 g/mol. The summed E-state index contributed by atoms with van der Waals surface area (Å²) < 4.78 is 5.64. The van der Waals surface area contributed by atoms with Gasteiger partial charge in [-0.25, -0.2) is 0 Å². The van der Waals surface area contributed by atoms with Crippen LogP contribution in [0.15, 0.2) is 0 Å². The number of ether oxygens (including phenoxy) is 1. The lowest BCUT2D eigenvalue weighted by Gasteiger charge is -2.31. The van der Waals surface area contributed by atoms with Crippen molar-refractivity contribution in [3.05, 3.63) is 5.01 Å². The number of hydrogen-bond donors (Lipinski definition) is 1. The third-order valence-corrected chi connectivity index (χ3v) is 3.60. The van der Waals surface area contributed by atoms with Crippen LogP contribution in [0.25, 0.3) is 0 Å². The Morgan fingerprint density at radius 3 is 2.75 bits per heavy atom. The molecule has 0 amide bonds. The number of aryl methyl sites for hydroxylation is 1. The van der Waals surface area contributed by atoms with Crippen molar-refractivity contribution >= 4 is 16.5 Å². The van der Waals surface area contributed by atoms with Gasteiger partial charge in [0.05, 0.1) is 12.7 Å². The smallest absolute Gasteiger partial charge is 0.208 e. The molecule has 1 aromatic heterocycles. The molecule has 0 atom stereocenters. The maximum absolute atomic E-state index is 5.64. The third kappa shape index (κ3) is 2.90. The zero-order chi connectivity index (χ0) is 11.4. The summed E-state index contributed by atoms with van der Waals surface area (Å²) >= 11 is 1.66. The molecule has 1 aliphatic heterocycles. The molecule has 0 radical (unpaired) electrons. The second-order valence-corrected chi connectivity index (χ2v) is 5.11. The van der Waals surface area contributed by atoms with Crippen LogP contribution in [0.4, 0.5) is 5.13 Å². The summed E-state index contributed by atoms with van der Waals surface area (Å²) in [5.74, 6) is 0. The van der Waals surface area contributed by atoms with E-state index in [1.54, 1.807) is 11.3 Å². The quantitative estimate of drug-likeness (QED) is 0.845. The summed E-state index contributed by atoms with van der Waals surface area (Å²) in [6, 6.07) is 0. The van der Waals surface area contributed by atoms with E-state index in [-0.39, 0.29) is 0 Å². The Labute approximate surface area is 99.6 Å². The van der Waals surface area contributed by atoms with Gasteiger partial charge in [-0.05, 0) is 19.8 Å². The molecular formula is C10H18N4OS. The minimum absolute atomic E-state index is 0.369. The Balaban J connectivity index is 1.81. The van der Waals surface area contributed by atoms with E-state index < -0.39 is 0 Å². The first-order valence-electron chi connectivity index (χ1n) is 5.66. The maximum atomic E-state index is 5.64. The van der Waals surface area contributed by atoms with E-state index in [2.05, 4.69) is 15.1 Å². The summed E-state index contributed by atoms with van der Waals surface area (Å²) in [7, 11) is 0. The SMILES string of the molecule is Cc1nnc(N2CCC(OCCN)CC2)s1. The Bertz CT molecular complexity index is 322. The van der Waals surface area contributed by atoms with Crippen LogP contribution in [-0.4, -0.2) is 42.5 Å². The van der Waals surface area contributed by atoms with Gasteiger partial charge >= 0.3 is 0 Å². The lowest BCUT2D eigenvalue weighted by Crippen LogP contribution is -2.37. The van der Waals surface area contributed by atoms with Gasteiger partial charge in [0.2, 0.25) is 5.13 Å². The van der Waals surface area contributed by atoms with Gasteiger partial charge in [-0.3, -0.25) is 0 Å². The van der Waals surface area contributed by atoms with Crippen LogP contribution in [0.3, 0.4) is 0 Å². The lowest BCUT2D eigenvalue weighted by atomic mass is 10.1. The van der Waals surface area contributed by atoms with Crippen molar-refractivity contribution in [1.82, 2.24) is 10.2 Å². The van der Waals surface area contributed by atoms with Crippen LogP contribution in [0, 0.1) is 6.92 Å². The van der Waals surface area contributed by atoms with E-state index >= 15 is 0 Å². The fraction of sp³-hybridized carbons (Fsp3) is 0.800. The summed E-state index contributed by atoms with van der Waals surface area (Å²) in [4.78, 5) is 2.28. The van der Waals surface area contributed by atoms with Crippen LogP contribution >= 0.6 is 11.3 Å². The molecule has 16 heavy (non-hydrogen) atoms. The van der Waals surface area contributed by atoms with E-state index in [0.29, 0.717) is 19.3 Å². The molecule has 0 spiro atoms. The molecule has 1 saturated heterocycles. The molecule has 6 heteroatoms. The second kappa shape index (κ2) is 5.56. The lowest BCUT2D eigenvalue weighted by molar-refractivity contribution is 0.0422. The van der Waals surface area contributed by atoms with E-state index in [1.807, 2.05) is 6.92 Å². The molecule has 1 aliphatic rings. The first-order chi connectivity index (χ1) is 7.79. The number of aromatic nitrogens is 2. The Morgan fingerprint density at radius 1 is 1.44 bits per heavy atom. The Kier molecular flexibility index (Phi) is 4.09. The van der Waals surface area contributed by atoms with Crippen molar-refractivity contribution in [2.45, 2.75) is 25.9 Å². The highest BCUT2D eigenvalue weighted by atomic mass is 32.1. The van der Waals surface area contributed by atoms with Crippen molar-refractivity contribution in [2.75, 3.05) is 31.1 Å². The van der Waals surface area contributed by atoms with Gasteiger partial charge in [-0.2, -0.15) is 0 Å². The molecular weight excluding hydrogens is 224 g/mol.